The largest absolute Gasteiger partial charge is 0.326 e. The van der Waals surface area contributed by atoms with Crippen LogP contribution < -0.4 is 5.73 Å². The molecule has 8 heavy (non-hydrogen) atoms. The van der Waals surface area contributed by atoms with Gasteiger partial charge >= 0.3 is 0 Å². The fraction of sp³-hybridized carbons (Fsp3) is 1.00. The van der Waals surface area contributed by atoms with Crippen molar-refractivity contribution in [1.29, 1.82) is 0 Å². The van der Waals surface area contributed by atoms with Crippen molar-refractivity contribution in [2.24, 2.45) is 11.7 Å². The van der Waals surface area contributed by atoms with Gasteiger partial charge in [0.25, 0.3) is 0 Å². The fourth-order valence-corrected chi connectivity index (χ4v) is 0.901. The highest BCUT2D eigenvalue weighted by Crippen LogP contribution is 2.07. The van der Waals surface area contributed by atoms with Crippen molar-refractivity contribution in [3.63, 3.8) is 0 Å². The Kier molecular flexibility index (Phi) is 3.49. The minimum Gasteiger partial charge on any atom is -0.326 e. The average Bonchev–Trinajstić information content (AvgIpc) is 1.64. The molecule has 0 saturated carbocycles. The Morgan fingerprint density at radius 2 is 1.62 bits per heavy atom. The second-order valence-corrected chi connectivity index (χ2v) is 3.38. The summed E-state index contributed by atoms with van der Waals surface area (Å²) in [5, 5.41) is 0.315. The van der Waals surface area contributed by atoms with Crippen LogP contribution in [0.1, 0.15) is 20.8 Å². The first-order valence-electron chi connectivity index (χ1n) is 2.99. The molecule has 0 spiro atoms. The summed E-state index contributed by atoms with van der Waals surface area (Å²) in [5.74, 6) is 0.544. The summed E-state index contributed by atoms with van der Waals surface area (Å²) in [6.07, 6.45) is 0. The van der Waals surface area contributed by atoms with Crippen molar-refractivity contribution in [1.82, 2.24) is 0 Å². The number of hydrogen-bond acceptors (Lipinski definition) is 2. The number of nitrogens with two attached hydrogens (primary N) is 1. The van der Waals surface area contributed by atoms with E-state index in [4.69, 9.17) is 5.73 Å². The van der Waals surface area contributed by atoms with E-state index in [1.54, 1.807) is 0 Å². The van der Waals surface area contributed by atoms with Crippen LogP contribution >= 0.6 is 12.6 Å². The minimum absolute atomic E-state index is 0.235. The molecule has 2 atom stereocenters. The lowest BCUT2D eigenvalue weighted by Gasteiger charge is -2.17. The molecule has 0 rings (SSSR count). The molecule has 50 valence electrons. The first kappa shape index (κ1) is 8.31. The smallest absolute Gasteiger partial charge is 0.0177 e. The van der Waals surface area contributed by atoms with Gasteiger partial charge in [-0.15, -0.1) is 0 Å². The van der Waals surface area contributed by atoms with E-state index in [0.29, 0.717) is 11.2 Å². The van der Waals surface area contributed by atoms with Gasteiger partial charge in [0.2, 0.25) is 0 Å². The third-order valence-electron chi connectivity index (χ3n) is 1.33. The maximum atomic E-state index is 5.68. The predicted octanol–water partition coefficient (Wildman–Crippen LogP) is 1.29. The van der Waals surface area contributed by atoms with Gasteiger partial charge in [0, 0.05) is 11.3 Å². The van der Waals surface area contributed by atoms with E-state index in [0.717, 1.165) is 0 Å². The summed E-state index contributed by atoms with van der Waals surface area (Å²) in [6.45, 7) is 6.24. The molecule has 0 aliphatic carbocycles. The molecule has 2 N–H and O–H groups in total. The molecular weight excluding hydrogens is 118 g/mol. The van der Waals surface area contributed by atoms with Gasteiger partial charge in [-0.05, 0) is 5.92 Å². The van der Waals surface area contributed by atoms with Crippen molar-refractivity contribution in [2.45, 2.75) is 32.1 Å². The van der Waals surface area contributed by atoms with E-state index in [1.165, 1.54) is 0 Å². The summed E-state index contributed by atoms with van der Waals surface area (Å²) in [7, 11) is 0. The third-order valence-corrected chi connectivity index (χ3v) is 1.67. The van der Waals surface area contributed by atoms with Crippen LogP contribution in [-0.4, -0.2) is 11.3 Å². The lowest BCUT2D eigenvalue weighted by Crippen LogP contribution is -2.34. The predicted molar refractivity (Wildman–Crippen MR) is 41.3 cm³/mol. The molecule has 0 amide bonds. The molecule has 2 heteroatoms. The molecule has 0 aromatic rings. The van der Waals surface area contributed by atoms with Crippen molar-refractivity contribution >= 4 is 12.6 Å². The third kappa shape index (κ3) is 2.58. The van der Waals surface area contributed by atoms with Gasteiger partial charge in [-0.25, -0.2) is 0 Å². The number of rotatable bonds is 2. The van der Waals surface area contributed by atoms with E-state index in [2.05, 4.69) is 26.5 Å². The van der Waals surface area contributed by atoms with Gasteiger partial charge in [-0.3, -0.25) is 0 Å². The lowest BCUT2D eigenvalue weighted by atomic mass is 10.0. The topological polar surface area (TPSA) is 26.0 Å². The molecule has 0 fully saturated rings. The molecule has 0 aromatic heterocycles. The summed E-state index contributed by atoms with van der Waals surface area (Å²) >= 11 is 4.21. The van der Waals surface area contributed by atoms with Gasteiger partial charge in [0.05, 0.1) is 0 Å². The monoisotopic (exact) mass is 133 g/mol. The zero-order valence-corrected chi connectivity index (χ0v) is 6.65. The molecule has 0 bridgehead atoms. The highest BCUT2D eigenvalue weighted by atomic mass is 32.1. The highest BCUT2D eigenvalue weighted by molar-refractivity contribution is 7.81. The van der Waals surface area contributed by atoms with Gasteiger partial charge in [0.15, 0.2) is 0 Å². The van der Waals surface area contributed by atoms with E-state index >= 15 is 0 Å². The molecule has 0 saturated heterocycles. The molecule has 0 radical (unpaired) electrons. The maximum absolute atomic E-state index is 5.68. The van der Waals surface area contributed by atoms with Crippen LogP contribution in [0.25, 0.3) is 0 Å². The van der Waals surface area contributed by atoms with Crippen LogP contribution in [-0.2, 0) is 0 Å². The Hall–Kier alpha value is 0.310. The Labute approximate surface area is 57.1 Å². The quantitative estimate of drug-likeness (QED) is 0.545. The van der Waals surface area contributed by atoms with Crippen LogP contribution in [0, 0.1) is 5.92 Å². The van der Waals surface area contributed by atoms with Crippen molar-refractivity contribution in [3.8, 4) is 0 Å². The summed E-state index contributed by atoms with van der Waals surface area (Å²) in [6, 6.07) is 0.235. The Bertz CT molecular complexity index is 53.5. The lowest BCUT2D eigenvalue weighted by molar-refractivity contribution is 0.491. The molecule has 0 aliphatic rings. The van der Waals surface area contributed by atoms with Crippen LogP contribution in [0.4, 0.5) is 0 Å². The Balaban J connectivity index is 3.46. The Morgan fingerprint density at radius 3 is 1.62 bits per heavy atom. The minimum atomic E-state index is 0.235. The normalized spacial score (nSPS) is 18.8. The maximum Gasteiger partial charge on any atom is 0.0177 e. The number of thiol groups is 1. The summed E-state index contributed by atoms with van der Waals surface area (Å²) in [4.78, 5) is 0. The first-order valence-corrected chi connectivity index (χ1v) is 3.51. The highest BCUT2D eigenvalue weighted by Gasteiger charge is 2.11. The fourth-order valence-electron chi connectivity index (χ4n) is 0.557. The van der Waals surface area contributed by atoms with Gasteiger partial charge in [-0.1, -0.05) is 20.8 Å². The number of hydrogen-bond donors (Lipinski definition) is 2. The Morgan fingerprint density at radius 1 is 1.25 bits per heavy atom. The van der Waals surface area contributed by atoms with E-state index in [-0.39, 0.29) is 6.04 Å². The second-order valence-electron chi connectivity index (χ2n) is 2.56. The van der Waals surface area contributed by atoms with Crippen LogP contribution in [0.5, 0.6) is 0 Å². The zero-order valence-electron chi connectivity index (χ0n) is 5.76. The first-order chi connectivity index (χ1) is 3.55. The molecular formula is C6H15NS. The van der Waals surface area contributed by atoms with Crippen molar-refractivity contribution in [3.05, 3.63) is 0 Å². The summed E-state index contributed by atoms with van der Waals surface area (Å²) < 4.78 is 0. The van der Waals surface area contributed by atoms with Gasteiger partial charge < -0.3 is 5.73 Å². The second kappa shape index (κ2) is 3.36. The van der Waals surface area contributed by atoms with E-state index in [9.17, 15) is 0 Å². The molecule has 2 unspecified atom stereocenters. The summed E-state index contributed by atoms with van der Waals surface area (Å²) in [5.41, 5.74) is 5.68. The van der Waals surface area contributed by atoms with Crippen molar-refractivity contribution in [2.75, 3.05) is 0 Å². The van der Waals surface area contributed by atoms with Gasteiger partial charge in [-0.2, -0.15) is 12.6 Å². The molecule has 0 aromatic carbocycles. The van der Waals surface area contributed by atoms with Crippen LogP contribution in [0.3, 0.4) is 0 Å². The van der Waals surface area contributed by atoms with E-state index in [1.807, 2.05) is 6.92 Å². The van der Waals surface area contributed by atoms with Crippen molar-refractivity contribution < 1.29 is 0 Å². The van der Waals surface area contributed by atoms with Crippen LogP contribution in [0.2, 0.25) is 0 Å². The molecule has 0 aliphatic heterocycles. The molecule has 0 heterocycles. The molecule has 1 nitrogen and oxygen atoms in total. The van der Waals surface area contributed by atoms with Crippen LogP contribution in [0.15, 0.2) is 0 Å². The SMILES string of the molecule is CC(C)C(N)C(C)S. The average molecular weight is 133 g/mol. The van der Waals surface area contributed by atoms with Gasteiger partial charge in [0.1, 0.15) is 0 Å². The standard InChI is InChI=1S/C6H15NS/c1-4(2)6(7)5(3)8/h4-6,8H,7H2,1-3H3. The zero-order chi connectivity index (χ0) is 6.73. The van der Waals surface area contributed by atoms with E-state index < -0.39 is 0 Å².